The summed E-state index contributed by atoms with van der Waals surface area (Å²) in [6, 6.07) is 16.5. The lowest BCUT2D eigenvalue weighted by molar-refractivity contribution is -0.122. The molecule has 1 N–H and O–H groups in total. The Balaban J connectivity index is 1.90. The van der Waals surface area contributed by atoms with E-state index >= 15 is 0 Å². The van der Waals surface area contributed by atoms with Gasteiger partial charge in [-0.2, -0.15) is 0 Å². The molecule has 0 aliphatic rings. The summed E-state index contributed by atoms with van der Waals surface area (Å²) in [7, 11) is 4.20. The average molecular weight is 423 g/mol. The molecule has 162 valence electrons. The van der Waals surface area contributed by atoms with Crippen LogP contribution >= 0.6 is 0 Å². The summed E-state index contributed by atoms with van der Waals surface area (Å²) < 4.78 is 21.4. The van der Waals surface area contributed by atoms with Crippen molar-refractivity contribution in [1.29, 1.82) is 0 Å². The first-order valence-corrected chi connectivity index (χ1v) is 9.82. The third-order valence-electron chi connectivity index (χ3n) is 4.87. The minimum absolute atomic E-state index is 0.147. The lowest BCUT2D eigenvalue weighted by Gasteiger charge is -2.20. The molecular weight excluding hydrogens is 398 g/mol. The van der Waals surface area contributed by atoms with E-state index in [1.165, 1.54) is 33.5 Å². The number of benzene rings is 3. The molecule has 3 aromatic rings. The summed E-state index contributed by atoms with van der Waals surface area (Å²) in [5.41, 5.74) is 0.392. The van der Waals surface area contributed by atoms with E-state index in [0.29, 0.717) is 23.7 Å². The molecule has 0 radical (unpaired) electrons. The molecular formula is C24H25NO6. The van der Waals surface area contributed by atoms with E-state index in [1.807, 2.05) is 49.4 Å². The second kappa shape index (κ2) is 9.84. The molecule has 0 saturated heterocycles. The summed E-state index contributed by atoms with van der Waals surface area (Å²) in [4.78, 5) is 25.3. The highest BCUT2D eigenvalue weighted by Gasteiger charge is 2.24. The Kier molecular flexibility index (Phi) is 6.97. The number of esters is 1. The number of rotatable bonds is 8. The zero-order chi connectivity index (χ0) is 22.4. The number of methoxy groups -OCH3 is 3. The minimum Gasteiger partial charge on any atom is -0.493 e. The van der Waals surface area contributed by atoms with Crippen LogP contribution in [-0.4, -0.2) is 39.3 Å². The minimum atomic E-state index is -0.774. The van der Waals surface area contributed by atoms with Gasteiger partial charge in [-0.3, -0.25) is 4.79 Å². The molecule has 0 fully saturated rings. The molecule has 0 aliphatic carbocycles. The van der Waals surface area contributed by atoms with Crippen molar-refractivity contribution in [1.82, 2.24) is 0 Å². The van der Waals surface area contributed by atoms with Crippen LogP contribution in [0, 0.1) is 0 Å². The molecule has 3 rings (SSSR count). The predicted molar refractivity (Wildman–Crippen MR) is 118 cm³/mol. The van der Waals surface area contributed by atoms with Crippen molar-refractivity contribution in [2.24, 2.45) is 0 Å². The molecule has 0 saturated carbocycles. The Labute approximate surface area is 180 Å². The maximum absolute atomic E-state index is 13.0. The predicted octanol–water partition coefficient (Wildman–Crippen LogP) is 4.44. The maximum Gasteiger partial charge on any atom is 0.340 e. The van der Waals surface area contributed by atoms with Crippen molar-refractivity contribution >= 4 is 28.3 Å². The Morgan fingerprint density at radius 1 is 0.903 bits per heavy atom. The molecule has 7 nitrogen and oxygen atoms in total. The molecule has 31 heavy (non-hydrogen) atoms. The Hall–Kier alpha value is -3.74. The molecule has 3 aromatic carbocycles. The van der Waals surface area contributed by atoms with Crippen molar-refractivity contribution in [3.8, 4) is 17.2 Å². The van der Waals surface area contributed by atoms with Crippen molar-refractivity contribution in [3.05, 3.63) is 60.2 Å². The Bertz CT molecular complexity index is 1090. The van der Waals surface area contributed by atoms with Crippen LogP contribution in [0.4, 0.5) is 5.69 Å². The topological polar surface area (TPSA) is 83.1 Å². The summed E-state index contributed by atoms with van der Waals surface area (Å²) in [5.74, 6) is 0.320. The molecule has 0 aliphatic heterocycles. The van der Waals surface area contributed by atoms with E-state index in [-0.39, 0.29) is 11.3 Å². The number of amides is 1. The van der Waals surface area contributed by atoms with Crippen LogP contribution in [0.1, 0.15) is 23.7 Å². The highest BCUT2D eigenvalue weighted by Crippen LogP contribution is 2.34. The van der Waals surface area contributed by atoms with Crippen LogP contribution in [0.5, 0.6) is 17.2 Å². The van der Waals surface area contributed by atoms with E-state index < -0.39 is 18.0 Å². The molecule has 0 unspecified atom stereocenters. The number of carbonyl (C=O) groups is 2. The molecule has 0 aromatic heterocycles. The zero-order valence-corrected chi connectivity index (χ0v) is 17.9. The first kappa shape index (κ1) is 22.0. The Morgan fingerprint density at radius 2 is 1.58 bits per heavy atom. The fourth-order valence-electron chi connectivity index (χ4n) is 3.25. The largest absolute Gasteiger partial charge is 0.493 e. The zero-order valence-electron chi connectivity index (χ0n) is 17.9. The summed E-state index contributed by atoms with van der Waals surface area (Å²) in [6.07, 6.45) is -0.347. The third kappa shape index (κ3) is 4.71. The highest BCUT2D eigenvalue weighted by molar-refractivity contribution is 6.03. The summed E-state index contributed by atoms with van der Waals surface area (Å²) in [5, 5.41) is 4.70. The fraction of sp³-hybridized carbons (Fsp3) is 0.250. The van der Waals surface area contributed by atoms with Crippen LogP contribution in [0.3, 0.4) is 0 Å². The number of nitrogens with one attached hydrogen (secondary N) is 1. The van der Waals surface area contributed by atoms with Gasteiger partial charge in [-0.05, 0) is 17.9 Å². The van der Waals surface area contributed by atoms with E-state index in [0.717, 1.165) is 10.8 Å². The van der Waals surface area contributed by atoms with Crippen LogP contribution < -0.4 is 19.5 Å². The van der Waals surface area contributed by atoms with E-state index in [4.69, 9.17) is 18.9 Å². The van der Waals surface area contributed by atoms with Crippen LogP contribution in [0.25, 0.3) is 10.8 Å². The fourth-order valence-corrected chi connectivity index (χ4v) is 3.25. The first-order valence-electron chi connectivity index (χ1n) is 9.82. The molecule has 0 bridgehead atoms. The van der Waals surface area contributed by atoms with Crippen molar-refractivity contribution in [2.45, 2.75) is 19.4 Å². The van der Waals surface area contributed by atoms with Crippen molar-refractivity contribution in [2.75, 3.05) is 26.6 Å². The van der Waals surface area contributed by atoms with Crippen LogP contribution in [0.2, 0.25) is 0 Å². The van der Waals surface area contributed by atoms with Crippen molar-refractivity contribution < 1.29 is 28.5 Å². The van der Waals surface area contributed by atoms with Gasteiger partial charge in [0.15, 0.2) is 17.6 Å². The second-order valence-corrected chi connectivity index (χ2v) is 6.73. The van der Waals surface area contributed by atoms with Gasteiger partial charge in [0.1, 0.15) is 5.75 Å². The van der Waals surface area contributed by atoms with Gasteiger partial charge in [-0.25, -0.2) is 4.79 Å². The lowest BCUT2D eigenvalue weighted by atomic mass is 10.1. The Morgan fingerprint density at radius 3 is 2.26 bits per heavy atom. The van der Waals surface area contributed by atoms with E-state index in [1.54, 1.807) is 0 Å². The van der Waals surface area contributed by atoms with Gasteiger partial charge in [0.25, 0.3) is 5.91 Å². The molecule has 7 heteroatoms. The average Bonchev–Trinajstić information content (AvgIpc) is 2.81. The second-order valence-electron chi connectivity index (χ2n) is 6.73. The summed E-state index contributed by atoms with van der Waals surface area (Å²) >= 11 is 0. The van der Waals surface area contributed by atoms with Gasteiger partial charge in [0.05, 0.1) is 32.6 Å². The van der Waals surface area contributed by atoms with E-state index in [2.05, 4.69) is 5.32 Å². The number of ether oxygens (including phenoxy) is 4. The van der Waals surface area contributed by atoms with Crippen LogP contribution in [-0.2, 0) is 9.53 Å². The van der Waals surface area contributed by atoms with Gasteiger partial charge in [-0.15, -0.1) is 0 Å². The van der Waals surface area contributed by atoms with Gasteiger partial charge in [0, 0.05) is 17.5 Å². The van der Waals surface area contributed by atoms with Gasteiger partial charge < -0.3 is 24.3 Å². The SMILES string of the molecule is CC[C@@H](Oc1cccc2ccccc12)C(=O)Nc1cc(OC)c(OC)cc1C(=O)OC. The maximum atomic E-state index is 13.0. The molecule has 0 heterocycles. The van der Waals surface area contributed by atoms with Gasteiger partial charge in [-0.1, -0.05) is 43.3 Å². The molecule has 1 atom stereocenters. The smallest absolute Gasteiger partial charge is 0.340 e. The lowest BCUT2D eigenvalue weighted by Crippen LogP contribution is -2.33. The summed E-state index contributed by atoms with van der Waals surface area (Å²) in [6.45, 7) is 1.85. The molecule has 1 amide bonds. The highest BCUT2D eigenvalue weighted by atomic mass is 16.5. The monoisotopic (exact) mass is 423 g/mol. The van der Waals surface area contributed by atoms with Crippen molar-refractivity contribution in [3.63, 3.8) is 0 Å². The quantitative estimate of drug-likeness (QED) is 0.540. The third-order valence-corrected chi connectivity index (χ3v) is 4.87. The molecule has 0 spiro atoms. The number of hydrogen-bond donors (Lipinski definition) is 1. The van der Waals surface area contributed by atoms with Gasteiger partial charge >= 0.3 is 5.97 Å². The number of anilines is 1. The number of carbonyl (C=O) groups excluding carboxylic acids is 2. The first-order chi connectivity index (χ1) is 15.0. The number of fused-ring (bicyclic) bond motifs is 1. The van der Waals surface area contributed by atoms with Gasteiger partial charge in [0.2, 0.25) is 0 Å². The van der Waals surface area contributed by atoms with Crippen LogP contribution in [0.15, 0.2) is 54.6 Å². The number of hydrogen-bond acceptors (Lipinski definition) is 6. The standard InChI is InChI=1S/C24H25NO6/c1-5-19(31-20-12-8-10-15-9-6-7-11-16(15)20)23(26)25-18-14-22(29-3)21(28-2)13-17(18)24(27)30-4/h6-14,19H,5H2,1-4H3,(H,25,26)/t19-/m1/s1. The normalized spacial score (nSPS) is 11.5. The van der Waals surface area contributed by atoms with E-state index in [9.17, 15) is 9.59 Å².